The lowest BCUT2D eigenvalue weighted by atomic mass is 9.73. The lowest BCUT2D eigenvalue weighted by molar-refractivity contribution is -0.168. The van der Waals surface area contributed by atoms with Crippen molar-refractivity contribution in [2.24, 2.45) is 10.2 Å². The average molecular weight is 636 g/mol. The summed E-state index contributed by atoms with van der Waals surface area (Å²) in [6.45, 7) is 2.24. The van der Waals surface area contributed by atoms with Crippen LogP contribution in [-0.2, 0) is 19.7 Å². The molecule has 1 N–H and O–H groups in total. The number of unbranched alkanes of at least 4 members (excludes halogenated alkanes) is 9. The first kappa shape index (κ1) is 38.3. The van der Waals surface area contributed by atoms with Gasteiger partial charge in [-0.3, -0.25) is 0 Å². The molecule has 0 radical (unpaired) electrons. The summed E-state index contributed by atoms with van der Waals surface area (Å²) < 4.78 is 16.2. The van der Waals surface area contributed by atoms with E-state index in [1.807, 2.05) is 24.3 Å². The second-order valence-electron chi connectivity index (χ2n) is 11.9. The maximum Gasteiger partial charge on any atom is 0.417 e. The molecule has 0 aliphatic carbocycles. The van der Waals surface area contributed by atoms with E-state index < -0.39 is 23.5 Å². The molecule has 9 heteroatoms. The van der Waals surface area contributed by atoms with Crippen molar-refractivity contribution in [1.82, 2.24) is 0 Å². The minimum Gasteiger partial charge on any atom is -0.497 e. The number of carbonyl (C=O) groups is 2. The zero-order chi connectivity index (χ0) is 33.6. The third-order valence-corrected chi connectivity index (χ3v) is 8.59. The molecular weight excluding hydrogens is 582 g/mol. The normalized spacial score (nSPS) is 13.8. The predicted molar refractivity (Wildman–Crippen MR) is 179 cm³/mol. The summed E-state index contributed by atoms with van der Waals surface area (Å²) in [5.41, 5.74) is 0.863. The van der Waals surface area contributed by atoms with E-state index >= 15 is 0 Å². The number of ether oxygens (including phenoxy) is 3. The maximum atomic E-state index is 12.1. The Kier molecular flexibility index (Phi) is 18.1. The Labute approximate surface area is 275 Å². The highest BCUT2D eigenvalue weighted by molar-refractivity contribution is 6.28. The van der Waals surface area contributed by atoms with Gasteiger partial charge in [0.25, 0.3) is 0 Å². The molecule has 0 heterocycles. The van der Waals surface area contributed by atoms with E-state index in [0.717, 1.165) is 30.6 Å². The Morgan fingerprint density at radius 3 is 2.04 bits per heavy atom. The number of carboxylic acid groups (broad SMARTS) is 1. The van der Waals surface area contributed by atoms with E-state index in [1.54, 1.807) is 38.4 Å². The Balaban J connectivity index is 2.14. The van der Waals surface area contributed by atoms with Gasteiger partial charge in [0.1, 0.15) is 17.6 Å². The molecule has 0 saturated heterocycles. The highest BCUT2D eigenvalue weighted by atomic mass is 16.6. The van der Waals surface area contributed by atoms with Crippen LogP contribution in [0, 0.1) is 11.3 Å². The van der Waals surface area contributed by atoms with Gasteiger partial charge in [0.05, 0.1) is 31.7 Å². The quantitative estimate of drug-likeness (QED) is 0.0557. The molecule has 0 fully saturated rings. The monoisotopic (exact) mass is 635 g/mol. The van der Waals surface area contributed by atoms with Gasteiger partial charge in [0.15, 0.2) is 0 Å². The van der Waals surface area contributed by atoms with Crippen molar-refractivity contribution in [3.63, 3.8) is 0 Å². The predicted octanol–water partition coefficient (Wildman–Crippen LogP) is 9.16. The Morgan fingerprint density at radius 2 is 1.46 bits per heavy atom. The molecule has 0 amide bonds. The second-order valence-corrected chi connectivity index (χ2v) is 11.9. The summed E-state index contributed by atoms with van der Waals surface area (Å²) in [6.07, 6.45) is 14.3. The van der Waals surface area contributed by atoms with Gasteiger partial charge in [-0.15, -0.1) is 0 Å². The first-order valence-corrected chi connectivity index (χ1v) is 16.7. The van der Waals surface area contributed by atoms with Gasteiger partial charge in [-0.2, -0.15) is 15.5 Å². The maximum absolute atomic E-state index is 12.1. The minimum atomic E-state index is -1.66. The fourth-order valence-corrected chi connectivity index (χ4v) is 5.97. The van der Waals surface area contributed by atoms with E-state index in [1.165, 1.54) is 58.5 Å². The van der Waals surface area contributed by atoms with Crippen molar-refractivity contribution >= 4 is 11.9 Å². The molecule has 3 unspecified atom stereocenters. The van der Waals surface area contributed by atoms with E-state index in [-0.39, 0.29) is 12.5 Å². The number of rotatable bonds is 23. The van der Waals surface area contributed by atoms with Gasteiger partial charge in [-0.05, 0) is 61.1 Å². The molecule has 0 aromatic heterocycles. The van der Waals surface area contributed by atoms with Crippen LogP contribution in [-0.4, -0.2) is 44.4 Å². The van der Waals surface area contributed by atoms with Gasteiger partial charge >= 0.3 is 11.9 Å². The molecule has 0 aliphatic rings. The van der Waals surface area contributed by atoms with Crippen LogP contribution in [0.25, 0.3) is 0 Å². The number of nitrogens with zero attached hydrogens (tertiary/aromatic N) is 3. The molecule has 2 aromatic rings. The first-order chi connectivity index (χ1) is 22.3. The van der Waals surface area contributed by atoms with Crippen LogP contribution in [0.2, 0.25) is 0 Å². The fraction of sp³-hybridized carbons (Fsp3) is 0.595. The molecule has 0 bridgehead atoms. The summed E-state index contributed by atoms with van der Waals surface area (Å²) in [6, 6.07) is 17.1. The van der Waals surface area contributed by atoms with E-state index in [4.69, 9.17) is 14.2 Å². The van der Waals surface area contributed by atoms with Gasteiger partial charge in [-0.25, -0.2) is 9.59 Å². The molecule has 0 saturated carbocycles. The van der Waals surface area contributed by atoms with Crippen LogP contribution in [0.1, 0.15) is 120 Å². The number of nitriles is 1. The highest BCUT2D eigenvalue weighted by Crippen LogP contribution is 2.38. The lowest BCUT2D eigenvalue weighted by Crippen LogP contribution is -2.25. The molecule has 2 rings (SSSR count). The van der Waals surface area contributed by atoms with Crippen LogP contribution in [0.5, 0.6) is 11.5 Å². The third-order valence-electron chi connectivity index (χ3n) is 8.59. The van der Waals surface area contributed by atoms with Crippen molar-refractivity contribution < 1.29 is 28.9 Å². The second kappa shape index (κ2) is 21.7. The number of azo groups is 1. The summed E-state index contributed by atoms with van der Waals surface area (Å²) in [4.78, 5) is 23.4. The van der Waals surface area contributed by atoms with Crippen LogP contribution in [0.15, 0.2) is 58.8 Å². The number of benzene rings is 2. The van der Waals surface area contributed by atoms with Crippen LogP contribution in [0.4, 0.5) is 0 Å². The Bertz CT molecular complexity index is 1260. The number of carboxylic acids is 1. The van der Waals surface area contributed by atoms with Crippen LogP contribution < -0.4 is 9.47 Å². The number of methoxy groups -OCH3 is 2. The van der Waals surface area contributed by atoms with E-state index in [0.29, 0.717) is 30.6 Å². The largest absolute Gasteiger partial charge is 0.497 e. The highest BCUT2D eigenvalue weighted by Gasteiger charge is 2.33. The molecule has 46 heavy (non-hydrogen) atoms. The van der Waals surface area contributed by atoms with Crippen molar-refractivity contribution in [2.75, 3.05) is 21.3 Å². The molecular formula is C37H53N3O6. The SMILES string of the molecule is CCCCCCCCCCCCC(C#N)(CCCC(CC(OC(=O)C(=O)O)c1cccc(OC)c1)N=NC)c1cccc(OC)c1. The summed E-state index contributed by atoms with van der Waals surface area (Å²) in [5, 5.41) is 28.3. The van der Waals surface area contributed by atoms with E-state index in [2.05, 4.69) is 23.2 Å². The van der Waals surface area contributed by atoms with Gasteiger partial charge in [0, 0.05) is 13.5 Å². The van der Waals surface area contributed by atoms with Crippen molar-refractivity contribution in [1.29, 1.82) is 5.26 Å². The van der Waals surface area contributed by atoms with Gasteiger partial charge < -0.3 is 19.3 Å². The zero-order valence-electron chi connectivity index (χ0n) is 28.2. The number of hydrogen-bond donors (Lipinski definition) is 1. The summed E-state index contributed by atoms with van der Waals surface area (Å²) in [7, 11) is 4.74. The van der Waals surface area contributed by atoms with E-state index in [9.17, 15) is 20.0 Å². The number of carbonyl (C=O) groups excluding carboxylic acids is 1. The third kappa shape index (κ3) is 13.2. The number of aliphatic carboxylic acids is 1. The number of hydrogen-bond acceptors (Lipinski definition) is 8. The molecule has 0 aliphatic heterocycles. The van der Waals surface area contributed by atoms with Gasteiger partial charge in [0.2, 0.25) is 0 Å². The standard InChI is InChI=1S/C37H53N3O6/c1-5-6-7-8-9-10-11-12-13-14-23-37(28-38,30-19-16-22-33(26-30)45-4)24-17-20-31(40-39-2)27-34(46-36(43)35(41)42)29-18-15-21-32(25-29)44-3/h15-16,18-19,21-22,25-26,31,34H,5-14,17,20,23-24,27H2,1-4H3,(H,41,42). The van der Waals surface area contributed by atoms with Gasteiger partial charge in [-0.1, -0.05) is 95.4 Å². The van der Waals surface area contributed by atoms with Crippen LogP contribution >= 0.6 is 0 Å². The van der Waals surface area contributed by atoms with Crippen molar-refractivity contribution in [2.45, 2.75) is 121 Å². The topological polar surface area (TPSA) is 131 Å². The molecule has 2 aromatic carbocycles. The molecule has 9 nitrogen and oxygen atoms in total. The summed E-state index contributed by atoms with van der Waals surface area (Å²) in [5.74, 6) is -1.71. The summed E-state index contributed by atoms with van der Waals surface area (Å²) >= 11 is 0. The van der Waals surface area contributed by atoms with Crippen molar-refractivity contribution in [3.8, 4) is 17.6 Å². The number of esters is 1. The fourth-order valence-electron chi connectivity index (χ4n) is 5.97. The molecule has 0 spiro atoms. The minimum absolute atomic E-state index is 0.237. The smallest absolute Gasteiger partial charge is 0.417 e. The van der Waals surface area contributed by atoms with Crippen LogP contribution in [0.3, 0.4) is 0 Å². The zero-order valence-corrected chi connectivity index (χ0v) is 28.2. The first-order valence-electron chi connectivity index (χ1n) is 16.7. The molecule has 3 atom stereocenters. The Morgan fingerprint density at radius 1 is 0.870 bits per heavy atom. The van der Waals surface area contributed by atoms with Crippen molar-refractivity contribution in [3.05, 3.63) is 59.7 Å². The molecule has 252 valence electrons. The average Bonchev–Trinajstić information content (AvgIpc) is 3.07. The lowest BCUT2D eigenvalue weighted by Gasteiger charge is -2.28. The Hall–Kier alpha value is -3.93.